The highest BCUT2D eigenvalue weighted by Gasteiger charge is 2.40. The molecule has 0 saturated carbocycles. The van der Waals surface area contributed by atoms with E-state index in [1.165, 1.54) is 0 Å². The summed E-state index contributed by atoms with van der Waals surface area (Å²) in [4.78, 5) is 12.0. The second-order valence-electron chi connectivity index (χ2n) is 4.44. The molecule has 0 aliphatic carbocycles. The Kier molecular flexibility index (Phi) is 5.77. The molecule has 4 nitrogen and oxygen atoms in total. The van der Waals surface area contributed by atoms with E-state index in [1.807, 2.05) is 0 Å². The number of hydrogen-bond acceptors (Lipinski definition) is 4. The van der Waals surface area contributed by atoms with Crippen molar-refractivity contribution in [3.05, 3.63) is 0 Å². The summed E-state index contributed by atoms with van der Waals surface area (Å²) in [6, 6.07) is 0. The van der Waals surface area contributed by atoms with Crippen molar-refractivity contribution in [3.63, 3.8) is 0 Å². The number of rotatable bonds is 6. The number of unbranched alkanes of at least 4 members (excludes halogenated alkanes) is 2. The minimum Gasteiger partial charge on any atom is -0.465 e. The van der Waals surface area contributed by atoms with Gasteiger partial charge in [0.15, 0.2) is 0 Å². The van der Waals surface area contributed by atoms with Crippen molar-refractivity contribution in [1.29, 1.82) is 0 Å². The first-order chi connectivity index (χ1) is 7.75. The summed E-state index contributed by atoms with van der Waals surface area (Å²) < 4.78 is 10.6. The van der Waals surface area contributed by atoms with Gasteiger partial charge in [-0.05, 0) is 19.3 Å². The van der Waals surface area contributed by atoms with Gasteiger partial charge in [-0.2, -0.15) is 0 Å². The largest absolute Gasteiger partial charge is 0.465 e. The molecule has 0 aromatic rings. The molecule has 0 atom stereocenters. The molecule has 0 bridgehead atoms. The zero-order valence-electron chi connectivity index (χ0n) is 10.2. The molecule has 1 heterocycles. The first-order valence-electron chi connectivity index (χ1n) is 6.20. The first kappa shape index (κ1) is 13.5. The highest BCUT2D eigenvalue weighted by atomic mass is 16.5. The number of ether oxygens (including phenoxy) is 2. The van der Waals surface area contributed by atoms with Gasteiger partial charge in [0, 0.05) is 19.8 Å². The molecule has 2 N–H and O–H groups in total. The van der Waals surface area contributed by atoms with Crippen molar-refractivity contribution < 1.29 is 14.3 Å². The molecule has 0 radical (unpaired) electrons. The van der Waals surface area contributed by atoms with Gasteiger partial charge < -0.3 is 15.2 Å². The summed E-state index contributed by atoms with van der Waals surface area (Å²) in [5.74, 6) is -0.130. The summed E-state index contributed by atoms with van der Waals surface area (Å²) in [6.45, 7) is 4.24. The van der Waals surface area contributed by atoms with Crippen LogP contribution >= 0.6 is 0 Å². The molecule has 94 valence electrons. The number of esters is 1. The van der Waals surface area contributed by atoms with E-state index in [2.05, 4.69) is 6.92 Å². The maximum Gasteiger partial charge on any atom is 0.313 e. The van der Waals surface area contributed by atoms with E-state index in [4.69, 9.17) is 15.2 Å². The Hall–Kier alpha value is -0.610. The van der Waals surface area contributed by atoms with Crippen molar-refractivity contribution in [3.8, 4) is 0 Å². The highest BCUT2D eigenvalue weighted by Crippen LogP contribution is 2.30. The van der Waals surface area contributed by atoms with Gasteiger partial charge in [-0.25, -0.2) is 0 Å². The third kappa shape index (κ3) is 3.46. The average Bonchev–Trinajstić information content (AvgIpc) is 2.35. The van der Waals surface area contributed by atoms with Crippen molar-refractivity contribution in [1.82, 2.24) is 0 Å². The van der Waals surface area contributed by atoms with E-state index in [-0.39, 0.29) is 5.97 Å². The molecule has 1 aliphatic rings. The lowest BCUT2D eigenvalue weighted by atomic mass is 9.80. The Labute approximate surface area is 97.5 Å². The molecule has 0 unspecified atom stereocenters. The van der Waals surface area contributed by atoms with Crippen LogP contribution in [0.15, 0.2) is 0 Å². The highest BCUT2D eigenvalue weighted by molar-refractivity contribution is 5.77. The first-order valence-corrected chi connectivity index (χ1v) is 6.20. The Morgan fingerprint density at radius 2 is 2.06 bits per heavy atom. The molecular weight excluding hydrogens is 206 g/mol. The maximum absolute atomic E-state index is 12.0. The molecule has 4 heteroatoms. The van der Waals surface area contributed by atoms with Crippen LogP contribution in [0.5, 0.6) is 0 Å². The van der Waals surface area contributed by atoms with Gasteiger partial charge in [0.25, 0.3) is 0 Å². The molecule has 0 aromatic heterocycles. The summed E-state index contributed by atoms with van der Waals surface area (Å²) in [6.07, 6.45) is 4.56. The van der Waals surface area contributed by atoms with Crippen LogP contribution in [0.3, 0.4) is 0 Å². The predicted octanol–water partition coefficient (Wildman–Crippen LogP) is 1.48. The van der Waals surface area contributed by atoms with Crippen LogP contribution in [0.1, 0.15) is 39.0 Å². The van der Waals surface area contributed by atoms with Crippen molar-refractivity contribution in [2.45, 2.75) is 39.0 Å². The van der Waals surface area contributed by atoms with Crippen molar-refractivity contribution in [2.75, 3.05) is 26.4 Å². The van der Waals surface area contributed by atoms with Gasteiger partial charge in [-0.3, -0.25) is 4.79 Å². The second-order valence-corrected chi connectivity index (χ2v) is 4.44. The molecular formula is C12H23NO3. The molecule has 1 rings (SSSR count). The molecule has 0 amide bonds. The lowest BCUT2D eigenvalue weighted by molar-refractivity contribution is -0.161. The molecule has 1 saturated heterocycles. The van der Waals surface area contributed by atoms with Gasteiger partial charge in [0.1, 0.15) is 0 Å². The zero-order chi connectivity index (χ0) is 11.9. The third-order valence-corrected chi connectivity index (χ3v) is 3.25. The Bertz CT molecular complexity index is 212. The summed E-state index contributed by atoms with van der Waals surface area (Å²) in [5, 5.41) is 0. The quantitative estimate of drug-likeness (QED) is 0.553. The van der Waals surface area contributed by atoms with Crippen LogP contribution in [0.25, 0.3) is 0 Å². The minimum atomic E-state index is -0.482. The lowest BCUT2D eigenvalue weighted by Crippen LogP contribution is -2.44. The smallest absolute Gasteiger partial charge is 0.313 e. The number of nitrogens with two attached hydrogens (primary N) is 1. The summed E-state index contributed by atoms with van der Waals surface area (Å²) >= 11 is 0. The van der Waals surface area contributed by atoms with Crippen LogP contribution in [0.2, 0.25) is 0 Å². The summed E-state index contributed by atoms with van der Waals surface area (Å²) in [5.41, 5.74) is 5.23. The Balaban J connectivity index is 2.36. The fourth-order valence-corrected chi connectivity index (χ4v) is 1.92. The second kappa shape index (κ2) is 6.86. The average molecular weight is 229 g/mol. The van der Waals surface area contributed by atoms with Crippen LogP contribution in [0.4, 0.5) is 0 Å². The standard InChI is InChI=1S/C12H23NO3/c1-2-3-4-7-16-11(14)12(10-13)5-8-15-9-6-12/h2-10,13H2,1H3. The molecule has 16 heavy (non-hydrogen) atoms. The number of carbonyl (C=O) groups is 1. The van der Waals surface area contributed by atoms with Gasteiger partial charge in [0.05, 0.1) is 12.0 Å². The molecule has 0 aromatic carbocycles. The van der Waals surface area contributed by atoms with Gasteiger partial charge in [0.2, 0.25) is 0 Å². The Morgan fingerprint density at radius 3 is 2.62 bits per heavy atom. The Morgan fingerprint density at radius 1 is 1.38 bits per heavy atom. The zero-order valence-corrected chi connectivity index (χ0v) is 10.2. The summed E-state index contributed by atoms with van der Waals surface area (Å²) in [7, 11) is 0. The van der Waals surface area contributed by atoms with E-state index < -0.39 is 5.41 Å². The minimum absolute atomic E-state index is 0.130. The lowest BCUT2D eigenvalue weighted by Gasteiger charge is -2.33. The van der Waals surface area contributed by atoms with Crippen molar-refractivity contribution >= 4 is 5.97 Å². The van der Waals surface area contributed by atoms with Gasteiger partial charge >= 0.3 is 5.97 Å². The monoisotopic (exact) mass is 229 g/mol. The fraction of sp³-hybridized carbons (Fsp3) is 0.917. The van der Waals surface area contributed by atoms with E-state index in [1.54, 1.807) is 0 Å². The van der Waals surface area contributed by atoms with E-state index in [0.29, 0.717) is 39.2 Å². The van der Waals surface area contributed by atoms with Crippen LogP contribution in [-0.2, 0) is 14.3 Å². The molecule has 0 spiro atoms. The van der Waals surface area contributed by atoms with Crippen molar-refractivity contribution in [2.24, 2.45) is 11.1 Å². The van der Waals surface area contributed by atoms with E-state index >= 15 is 0 Å². The molecule has 1 fully saturated rings. The van der Waals surface area contributed by atoms with Crippen LogP contribution in [-0.4, -0.2) is 32.3 Å². The normalized spacial score (nSPS) is 19.4. The fourth-order valence-electron chi connectivity index (χ4n) is 1.92. The SMILES string of the molecule is CCCCCOC(=O)C1(CN)CCOCC1. The van der Waals surface area contributed by atoms with Gasteiger partial charge in [-0.1, -0.05) is 19.8 Å². The predicted molar refractivity (Wildman–Crippen MR) is 62.0 cm³/mol. The third-order valence-electron chi connectivity index (χ3n) is 3.25. The van der Waals surface area contributed by atoms with E-state index in [0.717, 1.165) is 19.3 Å². The molecule has 1 aliphatic heterocycles. The number of hydrogen-bond donors (Lipinski definition) is 1. The van der Waals surface area contributed by atoms with E-state index in [9.17, 15) is 4.79 Å². The topological polar surface area (TPSA) is 61.5 Å². The maximum atomic E-state index is 12.0. The van der Waals surface area contributed by atoms with Crippen LogP contribution < -0.4 is 5.73 Å². The van der Waals surface area contributed by atoms with Crippen LogP contribution in [0, 0.1) is 5.41 Å². The number of carbonyl (C=O) groups excluding carboxylic acids is 1. The van der Waals surface area contributed by atoms with Gasteiger partial charge in [-0.15, -0.1) is 0 Å².